The molecule has 19 heavy (non-hydrogen) atoms. The Bertz CT molecular complexity index is 529. The molecular formula is C12H14N4O3. The third-order valence-corrected chi connectivity index (χ3v) is 3.50. The van der Waals surface area contributed by atoms with Gasteiger partial charge in [0.15, 0.2) is 0 Å². The van der Waals surface area contributed by atoms with Crippen LogP contribution >= 0.6 is 0 Å². The summed E-state index contributed by atoms with van der Waals surface area (Å²) >= 11 is 0. The van der Waals surface area contributed by atoms with Crippen molar-refractivity contribution >= 4 is 11.5 Å². The maximum atomic E-state index is 11.0. The highest BCUT2D eigenvalue weighted by Gasteiger charge is 2.37. The highest BCUT2D eigenvalue weighted by atomic mass is 16.6. The van der Waals surface area contributed by atoms with Gasteiger partial charge in [0, 0.05) is 19.9 Å². The molecule has 0 radical (unpaired) electrons. The van der Waals surface area contributed by atoms with Crippen molar-refractivity contribution in [2.75, 3.05) is 19.0 Å². The van der Waals surface area contributed by atoms with Crippen molar-refractivity contribution in [1.29, 1.82) is 5.26 Å². The number of pyridine rings is 1. The van der Waals surface area contributed by atoms with Crippen molar-refractivity contribution in [1.82, 2.24) is 4.98 Å². The van der Waals surface area contributed by atoms with Crippen molar-refractivity contribution < 1.29 is 9.66 Å². The van der Waals surface area contributed by atoms with Crippen LogP contribution in [0, 0.1) is 21.4 Å². The first kappa shape index (κ1) is 13.2. The van der Waals surface area contributed by atoms with E-state index in [0.29, 0.717) is 6.54 Å². The van der Waals surface area contributed by atoms with Gasteiger partial charge in [0.2, 0.25) is 5.82 Å². The van der Waals surface area contributed by atoms with Crippen LogP contribution in [0.1, 0.15) is 24.8 Å². The monoisotopic (exact) mass is 262 g/mol. The van der Waals surface area contributed by atoms with E-state index in [1.807, 2.05) is 0 Å². The average molecular weight is 262 g/mol. The Morgan fingerprint density at radius 2 is 2.42 bits per heavy atom. The minimum atomic E-state index is -0.589. The summed E-state index contributed by atoms with van der Waals surface area (Å²) in [7, 11) is 1.63. The minimum absolute atomic E-state index is 0.00239. The lowest BCUT2D eigenvalue weighted by molar-refractivity contribution is -0.384. The number of aromatic nitrogens is 1. The number of hydrogen-bond acceptors (Lipinski definition) is 6. The Kier molecular flexibility index (Phi) is 3.62. The molecule has 2 rings (SSSR count). The highest BCUT2D eigenvalue weighted by Crippen LogP contribution is 2.36. The molecule has 0 atom stereocenters. The second-order valence-electron chi connectivity index (χ2n) is 4.52. The quantitative estimate of drug-likeness (QED) is 0.641. The first-order valence-electron chi connectivity index (χ1n) is 5.94. The van der Waals surface area contributed by atoms with E-state index in [4.69, 9.17) is 10.00 Å². The predicted octanol–water partition coefficient (Wildman–Crippen LogP) is 1.84. The van der Waals surface area contributed by atoms with Gasteiger partial charge in [0.05, 0.1) is 10.5 Å². The summed E-state index contributed by atoms with van der Waals surface area (Å²) in [5.41, 5.74) is -0.545. The molecule has 0 aliphatic heterocycles. The van der Waals surface area contributed by atoms with E-state index in [1.54, 1.807) is 13.2 Å². The average Bonchev–Trinajstić information content (AvgIpc) is 2.37. The molecule has 0 bridgehead atoms. The van der Waals surface area contributed by atoms with Gasteiger partial charge in [-0.1, -0.05) is 0 Å². The van der Waals surface area contributed by atoms with Crippen molar-refractivity contribution in [3.05, 3.63) is 27.9 Å². The third-order valence-electron chi connectivity index (χ3n) is 3.50. The van der Waals surface area contributed by atoms with Crippen LogP contribution in [0.2, 0.25) is 0 Å². The maximum Gasteiger partial charge on any atom is 0.328 e. The second kappa shape index (κ2) is 5.20. The van der Waals surface area contributed by atoms with Gasteiger partial charge in [-0.25, -0.2) is 4.98 Å². The number of nitro groups is 1. The fraction of sp³-hybridized carbons (Fsp3) is 0.500. The Labute approximate surface area is 110 Å². The molecule has 1 aromatic rings. The largest absolute Gasteiger partial charge is 0.376 e. The summed E-state index contributed by atoms with van der Waals surface area (Å²) < 4.78 is 5.43. The van der Waals surface area contributed by atoms with E-state index in [-0.39, 0.29) is 22.7 Å². The molecule has 7 nitrogen and oxygen atoms in total. The van der Waals surface area contributed by atoms with Crippen molar-refractivity contribution in [3.8, 4) is 6.07 Å². The van der Waals surface area contributed by atoms with E-state index in [2.05, 4.69) is 10.3 Å². The lowest BCUT2D eigenvalue weighted by Gasteiger charge is -2.40. The lowest BCUT2D eigenvalue weighted by Crippen LogP contribution is -2.45. The van der Waals surface area contributed by atoms with E-state index in [1.165, 1.54) is 12.3 Å². The SMILES string of the molecule is COC1(CNc2nccc(C#N)c2[N+](=O)[O-])CCC1. The highest BCUT2D eigenvalue weighted by molar-refractivity contribution is 5.64. The van der Waals surface area contributed by atoms with Gasteiger partial charge in [-0.3, -0.25) is 10.1 Å². The van der Waals surface area contributed by atoms with E-state index in [9.17, 15) is 10.1 Å². The number of methoxy groups -OCH3 is 1. The smallest absolute Gasteiger partial charge is 0.328 e. The Balaban J connectivity index is 2.21. The lowest BCUT2D eigenvalue weighted by atomic mass is 9.80. The molecule has 1 aliphatic rings. The second-order valence-corrected chi connectivity index (χ2v) is 4.52. The molecule has 0 spiro atoms. The number of ether oxygens (including phenoxy) is 1. The minimum Gasteiger partial charge on any atom is -0.376 e. The molecule has 1 aromatic heterocycles. The van der Waals surface area contributed by atoms with Crippen LogP contribution in [0.25, 0.3) is 0 Å². The molecule has 0 amide bonds. The number of nitriles is 1. The first-order valence-corrected chi connectivity index (χ1v) is 5.94. The summed E-state index contributed by atoms with van der Waals surface area (Å²) in [6.45, 7) is 0.451. The molecular weight excluding hydrogens is 248 g/mol. The van der Waals surface area contributed by atoms with Crippen molar-refractivity contribution in [2.45, 2.75) is 24.9 Å². The number of nitrogens with zero attached hydrogens (tertiary/aromatic N) is 3. The zero-order valence-corrected chi connectivity index (χ0v) is 10.5. The fourth-order valence-electron chi connectivity index (χ4n) is 2.13. The molecule has 1 fully saturated rings. The van der Waals surface area contributed by atoms with Gasteiger partial charge in [-0.05, 0) is 25.3 Å². The summed E-state index contributed by atoms with van der Waals surface area (Å²) in [4.78, 5) is 14.4. The van der Waals surface area contributed by atoms with Gasteiger partial charge in [-0.15, -0.1) is 0 Å². The van der Waals surface area contributed by atoms with Crippen LogP contribution in [-0.4, -0.2) is 29.2 Å². The van der Waals surface area contributed by atoms with Gasteiger partial charge in [0.1, 0.15) is 11.6 Å². The molecule has 0 saturated heterocycles. The van der Waals surface area contributed by atoms with Gasteiger partial charge in [-0.2, -0.15) is 5.26 Å². The normalized spacial score (nSPS) is 16.2. The Morgan fingerprint density at radius 1 is 1.68 bits per heavy atom. The van der Waals surface area contributed by atoms with E-state index < -0.39 is 4.92 Å². The van der Waals surface area contributed by atoms with Crippen molar-refractivity contribution in [3.63, 3.8) is 0 Å². The maximum absolute atomic E-state index is 11.0. The molecule has 0 aromatic carbocycles. The van der Waals surface area contributed by atoms with Gasteiger partial charge in [0.25, 0.3) is 0 Å². The van der Waals surface area contributed by atoms with Gasteiger partial charge >= 0.3 is 5.69 Å². The predicted molar refractivity (Wildman–Crippen MR) is 67.7 cm³/mol. The molecule has 100 valence electrons. The van der Waals surface area contributed by atoms with Crippen LogP contribution in [-0.2, 0) is 4.74 Å². The fourth-order valence-corrected chi connectivity index (χ4v) is 2.13. The third kappa shape index (κ3) is 2.48. The summed E-state index contributed by atoms with van der Waals surface area (Å²) in [5, 5.41) is 22.8. The molecule has 1 N–H and O–H groups in total. The number of nitrogens with one attached hydrogen (secondary N) is 1. The summed E-state index contributed by atoms with van der Waals surface area (Å²) in [5.74, 6) is 0.118. The summed E-state index contributed by atoms with van der Waals surface area (Å²) in [6.07, 6.45) is 4.31. The van der Waals surface area contributed by atoms with E-state index >= 15 is 0 Å². The molecule has 7 heteroatoms. The van der Waals surface area contributed by atoms with Gasteiger partial charge < -0.3 is 10.1 Å². The van der Waals surface area contributed by atoms with Crippen LogP contribution in [0.15, 0.2) is 12.3 Å². The van der Waals surface area contributed by atoms with Crippen LogP contribution < -0.4 is 5.32 Å². The van der Waals surface area contributed by atoms with Crippen LogP contribution in [0.5, 0.6) is 0 Å². The first-order chi connectivity index (χ1) is 9.12. The topological polar surface area (TPSA) is 101 Å². The molecule has 1 aliphatic carbocycles. The zero-order valence-electron chi connectivity index (χ0n) is 10.5. The van der Waals surface area contributed by atoms with Crippen LogP contribution in [0.4, 0.5) is 11.5 Å². The Morgan fingerprint density at radius 3 is 2.89 bits per heavy atom. The van der Waals surface area contributed by atoms with E-state index in [0.717, 1.165) is 19.3 Å². The molecule has 1 heterocycles. The number of anilines is 1. The van der Waals surface area contributed by atoms with Crippen molar-refractivity contribution in [2.24, 2.45) is 0 Å². The molecule has 1 saturated carbocycles. The Hall–Kier alpha value is -2.20. The number of hydrogen-bond donors (Lipinski definition) is 1. The van der Waals surface area contributed by atoms with Crippen LogP contribution in [0.3, 0.4) is 0 Å². The number of rotatable bonds is 5. The standard InChI is InChI=1S/C12H14N4O3/c1-19-12(4-2-5-12)8-15-11-10(16(17)18)9(7-13)3-6-14-11/h3,6H,2,4-5,8H2,1H3,(H,14,15). The summed E-state index contributed by atoms with van der Waals surface area (Å²) in [6, 6.07) is 3.14. The molecule has 0 unspecified atom stereocenters. The zero-order chi connectivity index (χ0) is 13.9.